The Balaban J connectivity index is 1.85. The number of nitrogens with one attached hydrogen (secondary N) is 2. The third-order valence-corrected chi connectivity index (χ3v) is 3.64. The van der Waals surface area contributed by atoms with E-state index in [0.29, 0.717) is 12.6 Å². The second kappa shape index (κ2) is 6.68. The van der Waals surface area contributed by atoms with Crippen molar-refractivity contribution in [1.82, 2.24) is 10.6 Å². The highest BCUT2D eigenvalue weighted by atomic mass is 16.3. The van der Waals surface area contributed by atoms with Crippen molar-refractivity contribution in [2.24, 2.45) is 5.92 Å². The van der Waals surface area contributed by atoms with Crippen LogP contribution in [-0.2, 0) is 17.9 Å². The van der Waals surface area contributed by atoms with Crippen molar-refractivity contribution in [3.05, 3.63) is 35.4 Å². The molecule has 1 aliphatic rings. The van der Waals surface area contributed by atoms with E-state index in [1.165, 1.54) is 0 Å². The first kappa shape index (κ1) is 14.0. The van der Waals surface area contributed by atoms with Gasteiger partial charge in [0.1, 0.15) is 0 Å². The molecule has 0 spiro atoms. The molecule has 0 unspecified atom stereocenters. The van der Waals surface area contributed by atoms with Crippen molar-refractivity contribution in [1.29, 1.82) is 0 Å². The van der Waals surface area contributed by atoms with Gasteiger partial charge in [0.05, 0.1) is 6.61 Å². The summed E-state index contributed by atoms with van der Waals surface area (Å²) in [6.45, 7) is 3.60. The number of aliphatic hydroxyl groups is 1. The number of benzene rings is 1. The number of rotatable bonds is 4. The third kappa shape index (κ3) is 4.04. The smallest absolute Gasteiger partial charge is 0.223 e. The monoisotopic (exact) mass is 262 g/mol. The zero-order valence-electron chi connectivity index (χ0n) is 11.4. The lowest BCUT2D eigenvalue weighted by molar-refractivity contribution is -0.126. The van der Waals surface area contributed by atoms with E-state index in [1.807, 2.05) is 24.3 Å². The van der Waals surface area contributed by atoms with E-state index in [2.05, 4.69) is 17.6 Å². The van der Waals surface area contributed by atoms with Crippen LogP contribution in [0.15, 0.2) is 24.3 Å². The fourth-order valence-corrected chi connectivity index (χ4v) is 2.54. The molecule has 1 aromatic rings. The zero-order valence-corrected chi connectivity index (χ0v) is 11.4. The molecular weight excluding hydrogens is 240 g/mol. The molecule has 0 saturated carbocycles. The summed E-state index contributed by atoms with van der Waals surface area (Å²) in [5.74, 6) is 0.264. The second-order valence-electron chi connectivity index (χ2n) is 5.27. The summed E-state index contributed by atoms with van der Waals surface area (Å²) in [4.78, 5) is 12.1. The largest absolute Gasteiger partial charge is 0.392 e. The Labute approximate surface area is 114 Å². The normalized spacial score (nSPS) is 23.1. The molecule has 3 N–H and O–H groups in total. The van der Waals surface area contributed by atoms with E-state index in [4.69, 9.17) is 5.11 Å². The van der Waals surface area contributed by atoms with E-state index in [0.717, 1.165) is 30.5 Å². The van der Waals surface area contributed by atoms with Crippen LogP contribution < -0.4 is 10.6 Å². The molecule has 4 nitrogen and oxygen atoms in total. The van der Waals surface area contributed by atoms with Crippen LogP contribution in [0.2, 0.25) is 0 Å². The molecule has 0 bridgehead atoms. The van der Waals surface area contributed by atoms with Gasteiger partial charge in [0.2, 0.25) is 5.91 Å². The highest BCUT2D eigenvalue weighted by molar-refractivity contribution is 5.78. The van der Waals surface area contributed by atoms with Gasteiger partial charge in [-0.25, -0.2) is 0 Å². The van der Waals surface area contributed by atoms with Crippen molar-refractivity contribution in [2.45, 2.75) is 39.0 Å². The van der Waals surface area contributed by atoms with Crippen molar-refractivity contribution < 1.29 is 9.90 Å². The van der Waals surface area contributed by atoms with Crippen molar-refractivity contribution in [3.8, 4) is 0 Å². The van der Waals surface area contributed by atoms with Gasteiger partial charge in [0, 0.05) is 18.5 Å². The van der Waals surface area contributed by atoms with Gasteiger partial charge in [-0.2, -0.15) is 0 Å². The third-order valence-electron chi connectivity index (χ3n) is 3.64. The highest BCUT2D eigenvalue weighted by Crippen LogP contribution is 2.16. The number of piperidine rings is 1. The molecule has 1 amide bonds. The molecular formula is C15H22N2O2. The van der Waals surface area contributed by atoms with Gasteiger partial charge in [-0.05, 0) is 37.4 Å². The second-order valence-corrected chi connectivity index (χ2v) is 5.27. The first-order valence-electron chi connectivity index (χ1n) is 6.89. The predicted octanol–water partition coefficient (Wildman–Crippen LogP) is 1.18. The lowest BCUT2D eigenvalue weighted by Gasteiger charge is -2.27. The molecule has 1 fully saturated rings. The molecule has 2 atom stereocenters. The molecule has 1 aliphatic heterocycles. The zero-order chi connectivity index (χ0) is 13.7. The van der Waals surface area contributed by atoms with Crippen LogP contribution in [0, 0.1) is 5.92 Å². The number of carbonyl (C=O) groups excluding carboxylic acids is 1. The summed E-state index contributed by atoms with van der Waals surface area (Å²) in [5.41, 5.74) is 1.91. The average molecular weight is 262 g/mol. The Hall–Kier alpha value is -1.39. The molecule has 1 aromatic carbocycles. The Morgan fingerprint density at radius 2 is 2.26 bits per heavy atom. The first-order valence-corrected chi connectivity index (χ1v) is 6.89. The fraction of sp³-hybridized carbons (Fsp3) is 0.533. The molecule has 19 heavy (non-hydrogen) atoms. The lowest BCUT2D eigenvalue weighted by Crippen LogP contribution is -2.42. The number of hydrogen-bond acceptors (Lipinski definition) is 3. The molecule has 4 heteroatoms. The Morgan fingerprint density at radius 3 is 3.00 bits per heavy atom. The van der Waals surface area contributed by atoms with Gasteiger partial charge in [-0.15, -0.1) is 0 Å². The van der Waals surface area contributed by atoms with Crippen LogP contribution in [0.4, 0.5) is 0 Å². The Bertz CT molecular complexity index is 434. The maximum Gasteiger partial charge on any atom is 0.223 e. The Kier molecular flexibility index (Phi) is 4.93. The maximum absolute atomic E-state index is 12.1. The predicted molar refractivity (Wildman–Crippen MR) is 74.4 cm³/mol. The molecule has 0 aromatic heterocycles. The van der Waals surface area contributed by atoms with Gasteiger partial charge >= 0.3 is 0 Å². The van der Waals surface area contributed by atoms with Crippen LogP contribution in [0.1, 0.15) is 30.9 Å². The van der Waals surface area contributed by atoms with E-state index < -0.39 is 0 Å². The first-order chi connectivity index (χ1) is 9.19. The van der Waals surface area contributed by atoms with Gasteiger partial charge in [-0.1, -0.05) is 24.3 Å². The van der Waals surface area contributed by atoms with E-state index in [-0.39, 0.29) is 18.4 Å². The molecule has 0 radical (unpaired) electrons. The number of carbonyl (C=O) groups is 1. The van der Waals surface area contributed by atoms with Crippen LogP contribution >= 0.6 is 0 Å². The van der Waals surface area contributed by atoms with Crippen LogP contribution in [0.3, 0.4) is 0 Å². The lowest BCUT2D eigenvalue weighted by atomic mass is 9.92. The van der Waals surface area contributed by atoms with Crippen LogP contribution in [0.25, 0.3) is 0 Å². The summed E-state index contributed by atoms with van der Waals surface area (Å²) in [6.07, 6.45) is 1.81. The summed E-state index contributed by atoms with van der Waals surface area (Å²) in [7, 11) is 0. The minimum Gasteiger partial charge on any atom is -0.392 e. The average Bonchev–Trinajstić information content (AvgIpc) is 2.45. The van der Waals surface area contributed by atoms with E-state index in [1.54, 1.807) is 0 Å². The van der Waals surface area contributed by atoms with Gasteiger partial charge < -0.3 is 15.7 Å². The summed E-state index contributed by atoms with van der Waals surface area (Å²) in [5, 5.41) is 15.4. The standard InChI is InChI=1S/C15H22N2O2/c1-11-7-14(5-6-16-11)15(19)17-9-12-3-2-4-13(8-12)10-18/h2-4,8,11,14,16,18H,5-7,9-10H2,1H3,(H,17,19)/t11-,14-/m0/s1. The summed E-state index contributed by atoms with van der Waals surface area (Å²) < 4.78 is 0. The molecule has 1 saturated heterocycles. The summed E-state index contributed by atoms with van der Waals surface area (Å²) >= 11 is 0. The maximum atomic E-state index is 12.1. The number of amides is 1. The summed E-state index contributed by atoms with van der Waals surface area (Å²) in [6, 6.07) is 8.08. The molecule has 0 aliphatic carbocycles. The SMILES string of the molecule is C[C@H]1C[C@@H](C(=O)NCc2cccc(CO)c2)CCN1. The van der Waals surface area contributed by atoms with E-state index >= 15 is 0 Å². The van der Waals surface area contributed by atoms with Gasteiger partial charge in [0.25, 0.3) is 0 Å². The van der Waals surface area contributed by atoms with Crippen molar-refractivity contribution in [3.63, 3.8) is 0 Å². The van der Waals surface area contributed by atoms with Gasteiger partial charge in [0.15, 0.2) is 0 Å². The van der Waals surface area contributed by atoms with Crippen LogP contribution in [-0.4, -0.2) is 23.6 Å². The topological polar surface area (TPSA) is 61.4 Å². The Morgan fingerprint density at radius 1 is 1.47 bits per heavy atom. The fourth-order valence-electron chi connectivity index (χ4n) is 2.54. The molecule has 2 rings (SSSR count). The molecule has 1 heterocycles. The van der Waals surface area contributed by atoms with Gasteiger partial charge in [-0.3, -0.25) is 4.79 Å². The number of aliphatic hydroxyl groups excluding tert-OH is 1. The van der Waals surface area contributed by atoms with Crippen molar-refractivity contribution in [2.75, 3.05) is 6.54 Å². The van der Waals surface area contributed by atoms with E-state index in [9.17, 15) is 4.79 Å². The number of hydrogen-bond donors (Lipinski definition) is 3. The minimum absolute atomic E-state index is 0.0353. The highest BCUT2D eigenvalue weighted by Gasteiger charge is 2.24. The van der Waals surface area contributed by atoms with Crippen molar-refractivity contribution >= 4 is 5.91 Å². The quantitative estimate of drug-likeness (QED) is 0.763. The molecule has 104 valence electrons. The minimum atomic E-state index is 0.0353. The van der Waals surface area contributed by atoms with Crippen LogP contribution in [0.5, 0.6) is 0 Å².